The minimum Gasteiger partial charge on any atom is -0.393 e. The summed E-state index contributed by atoms with van der Waals surface area (Å²) in [7, 11) is 0. The Morgan fingerprint density at radius 3 is 2.46 bits per heavy atom. The second-order valence-corrected chi connectivity index (χ2v) is 8.54. The van der Waals surface area contributed by atoms with Crippen molar-refractivity contribution in [3.05, 3.63) is 34.1 Å². The number of rotatable bonds is 5. The summed E-state index contributed by atoms with van der Waals surface area (Å²) >= 11 is 3.55. The number of aliphatic hydroxyl groups excluding tert-OH is 1. The van der Waals surface area contributed by atoms with E-state index in [2.05, 4.69) is 20.8 Å². The smallest absolute Gasteiger partial charge is 0.123 e. The van der Waals surface area contributed by atoms with Crippen molar-refractivity contribution in [3.8, 4) is 0 Å². The number of likely N-dealkylation sites (tertiary alicyclic amines) is 1. The van der Waals surface area contributed by atoms with Gasteiger partial charge in [-0.2, -0.15) is 0 Å². The normalized spacial score (nSPS) is 26.6. The number of nitrogens with zero attached hydrogens (tertiary/aromatic N) is 1. The molecule has 134 valence electrons. The molecule has 1 aromatic rings. The average Bonchev–Trinajstić information content (AvgIpc) is 2.59. The fraction of sp³-hybridized carbons (Fsp3) is 0.700. The molecule has 2 aliphatic rings. The fourth-order valence-corrected chi connectivity index (χ4v) is 4.63. The highest BCUT2D eigenvalue weighted by Gasteiger charge is 2.23. The molecule has 4 heteroatoms. The van der Waals surface area contributed by atoms with Gasteiger partial charge in [0.15, 0.2) is 0 Å². The first kappa shape index (κ1) is 18.3. The molecule has 0 spiro atoms. The van der Waals surface area contributed by atoms with E-state index in [0.29, 0.717) is 5.92 Å². The number of piperidine rings is 1. The molecule has 0 unspecified atom stereocenters. The van der Waals surface area contributed by atoms with E-state index >= 15 is 0 Å². The Bertz CT molecular complexity index is 522. The van der Waals surface area contributed by atoms with Crippen molar-refractivity contribution in [3.63, 3.8) is 0 Å². The van der Waals surface area contributed by atoms with Crippen molar-refractivity contribution >= 4 is 15.9 Å². The van der Waals surface area contributed by atoms with Gasteiger partial charge in [-0.1, -0.05) is 15.9 Å². The molecule has 1 N–H and O–H groups in total. The standard InChI is InChI=1S/C20H29BrFNO/c21-20-6-3-18(22)14-17(20)13-16-8-11-23(12-9-16)10-7-15-1-4-19(24)5-2-15/h3,6,14-16,19,24H,1-2,4-5,7-13H2. The molecule has 0 bridgehead atoms. The molecule has 0 atom stereocenters. The molecule has 2 nitrogen and oxygen atoms in total. The largest absolute Gasteiger partial charge is 0.393 e. The highest BCUT2D eigenvalue weighted by molar-refractivity contribution is 9.10. The van der Waals surface area contributed by atoms with Gasteiger partial charge in [0, 0.05) is 4.47 Å². The summed E-state index contributed by atoms with van der Waals surface area (Å²) in [5.41, 5.74) is 1.11. The van der Waals surface area contributed by atoms with E-state index in [9.17, 15) is 9.50 Å². The molecule has 0 radical (unpaired) electrons. The van der Waals surface area contributed by atoms with E-state index in [0.717, 1.165) is 35.2 Å². The zero-order valence-corrected chi connectivity index (χ0v) is 16.0. The van der Waals surface area contributed by atoms with Crippen molar-refractivity contribution in [1.29, 1.82) is 0 Å². The Balaban J connectivity index is 1.39. The van der Waals surface area contributed by atoms with E-state index in [1.807, 2.05) is 6.07 Å². The van der Waals surface area contributed by atoms with Crippen LogP contribution in [0.15, 0.2) is 22.7 Å². The van der Waals surface area contributed by atoms with Gasteiger partial charge in [-0.05, 0) is 107 Å². The molecule has 2 fully saturated rings. The maximum absolute atomic E-state index is 13.4. The Labute approximate surface area is 153 Å². The second-order valence-electron chi connectivity index (χ2n) is 7.69. The molecule has 1 saturated carbocycles. The lowest BCUT2D eigenvalue weighted by Gasteiger charge is -2.34. The van der Waals surface area contributed by atoms with Crippen molar-refractivity contribution in [1.82, 2.24) is 4.90 Å². The third-order valence-corrected chi connectivity index (χ3v) is 6.67. The number of benzene rings is 1. The maximum atomic E-state index is 13.4. The van der Waals surface area contributed by atoms with Gasteiger partial charge in [0.1, 0.15) is 5.82 Å². The molecule has 1 aliphatic heterocycles. The Morgan fingerprint density at radius 1 is 1.04 bits per heavy atom. The van der Waals surface area contributed by atoms with Gasteiger partial charge in [0.25, 0.3) is 0 Å². The third kappa shape index (κ3) is 5.27. The predicted molar refractivity (Wildman–Crippen MR) is 99.5 cm³/mol. The first-order chi connectivity index (χ1) is 11.6. The summed E-state index contributed by atoms with van der Waals surface area (Å²) in [5.74, 6) is 1.35. The van der Waals surface area contributed by atoms with Crippen LogP contribution in [0, 0.1) is 17.7 Å². The number of aliphatic hydroxyl groups is 1. The lowest BCUT2D eigenvalue weighted by Crippen LogP contribution is -2.36. The Kier molecular flexibility index (Phi) is 6.71. The van der Waals surface area contributed by atoms with Crippen molar-refractivity contribution in [2.75, 3.05) is 19.6 Å². The number of halogens is 2. The highest BCUT2D eigenvalue weighted by Crippen LogP contribution is 2.29. The average molecular weight is 398 g/mol. The summed E-state index contributed by atoms with van der Waals surface area (Å²) in [6.07, 6.45) is 9.04. The predicted octanol–water partition coefficient (Wildman–Crippen LogP) is 4.78. The van der Waals surface area contributed by atoms with E-state index in [1.54, 1.807) is 6.07 Å². The van der Waals surface area contributed by atoms with Gasteiger partial charge in [-0.25, -0.2) is 4.39 Å². The van der Waals surface area contributed by atoms with Gasteiger partial charge in [0.2, 0.25) is 0 Å². The van der Waals surface area contributed by atoms with Crippen molar-refractivity contribution in [2.24, 2.45) is 11.8 Å². The monoisotopic (exact) mass is 397 g/mol. The van der Waals surface area contributed by atoms with Crippen LogP contribution in [0.3, 0.4) is 0 Å². The first-order valence-corrected chi connectivity index (χ1v) is 10.2. The van der Waals surface area contributed by atoms with Gasteiger partial charge < -0.3 is 10.0 Å². The first-order valence-electron chi connectivity index (χ1n) is 9.44. The summed E-state index contributed by atoms with van der Waals surface area (Å²) in [5, 5.41) is 9.59. The van der Waals surface area contributed by atoms with Crippen LogP contribution in [-0.2, 0) is 6.42 Å². The molecular weight excluding hydrogens is 369 g/mol. The molecular formula is C20H29BrFNO. The second kappa shape index (κ2) is 8.77. The van der Waals surface area contributed by atoms with Gasteiger partial charge in [-0.3, -0.25) is 0 Å². The molecule has 1 aromatic carbocycles. The third-order valence-electron chi connectivity index (χ3n) is 5.89. The van der Waals surface area contributed by atoms with E-state index in [1.165, 1.54) is 57.8 Å². The lowest BCUT2D eigenvalue weighted by atomic mass is 9.85. The van der Waals surface area contributed by atoms with Crippen molar-refractivity contribution in [2.45, 2.75) is 57.5 Å². The topological polar surface area (TPSA) is 23.5 Å². The maximum Gasteiger partial charge on any atom is 0.123 e. The summed E-state index contributed by atoms with van der Waals surface area (Å²) in [4.78, 5) is 2.60. The van der Waals surface area contributed by atoms with E-state index in [-0.39, 0.29) is 11.9 Å². The van der Waals surface area contributed by atoms with Crippen LogP contribution in [0.4, 0.5) is 4.39 Å². The SMILES string of the molecule is OC1CCC(CCN2CCC(Cc3cc(F)ccc3Br)CC2)CC1. The molecule has 0 aromatic heterocycles. The van der Waals surface area contributed by atoms with Crippen LogP contribution >= 0.6 is 15.9 Å². The van der Waals surface area contributed by atoms with E-state index in [4.69, 9.17) is 0 Å². The van der Waals surface area contributed by atoms with Crippen LogP contribution in [-0.4, -0.2) is 35.7 Å². The van der Waals surface area contributed by atoms with Gasteiger partial charge in [0.05, 0.1) is 6.10 Å². The number of hydrogen-bond acceptors (Lipinski definition) is 2. The van der Waals surface area contributed by atoms with Crippen LogP contribution in [0.5, 0.6) is 0 Å². The van der Waals surface area contributed by atoms with Crippen LogP contribution in [0.25, 0.3) is 0 Å². The van der Waals surface area contributed by atoms with Crippen molar-refractivity contribution < 1.29 is 9.50 Å². The molecule has 3 rings (SSSR count). The summed E-state index contributed by atoms with van der Waals surface area (Å²) in [6.45, 7) is 3.55. The van der Waals surface area contributed by atoms with Crippen LogP contribution in [0.1, 0.15) is 50.5 Å². The minimum atomic E-state index is -0.136. The molecule has 24 heavy (non-hydrogen) atoms. The molecule has 1 heterocycles. The number of hydrogen-bond donors (Lipinski definition) is 1. The fourth-order valence-electron chi connectivity index (χ4n) is 4.22. The van der Waals surface area contributed by atoms with Gasteiger partial charge >= 0.3 is 0 Å². The molecule has 0 amide bonds. The van der Waals surface area contributed by atoms with E-state index < -0.39 is 0 Å². The molecule has 1 aliphatic carbocycles. The highest BCUT2D eigenvalue weighted by atomic mass is 79.9. The lowest BCUT2D eigenvalue weighted by molar-refractivity contribution is 0.0986. The molecule has 1 saturated heterocycles. The van der Waals surface area contributed by atoms with Crippen LogP contribution < -0.4 is 0 Å². The van der Waals surface area contributed by atoms with Crippen LogP contribution in [0.2, 0.25) is 0 Å². The van der Waals surface area contributed by atoms with Gasteiger partial charge in [-0.15, -0.1) is 0 Å². The zero-order chi connectivity index (χ0) is 16.9. The Hall–Kier alpha value is -0.450. The summed E-state index contributed by atoms with van der Waals surface area (Å²) < 4.78 is 14.5. The minimum absolute atomic E-state index is 0.0425. The quantitative estimate of drug-likeness (QED) is 0.772. The zero-order valence-electron chi connectivity index (χ0n) is 14.4. The Morgan fingerprint density at radius 2 is 1.75 bits per heavy atom. The summed E-state index contributed by atoms with van der Waals surface area (Å²) in [6, 6.07) is 5.01.